The van der Waals surface area contributed by atoms with Crippen molar-refractivity contribution in [2.24, 2.45) is 11.8 Å². The molecular weight excluding hydrogens is 220 g/mol. The molecule has 3 heterocycles. The smallest absolute Gasteiger partial charge is 0.324 e. The fourth-order valence-electron chi connectivity index (χ4n) is 3.07. The van der Waals surface area contributed by atoms with Crippen LogP contribution in [0.5, 0.6) is 0 Å². The van der Waals surface area contributed by atoms with E-state index in [-0.39, 0.29) is 11.9 Å². The standard InChI is InChI=1S/C11H18N4O2/c16-10(15-2-1-13-11(15)17)7-14-5-8-3-12-4-9(8)6-14/h8-9,12H,1-7H2,(H,13,17). The van der Waals surface area contributed by atoms with E-state index in [1.54, 1.807) is 0 Å². The molecule has 0 aromatic rings. The Hall–Kier alpha value is -1.14. The molecule has 6 nitrogen and oxygen atoms in total. The zero-order valence-corrected chi connectivity index (χ0v) is 9.82. The van der Waals surface area contributed by atoms with Gasteiger partial charge >= 0.3 is 6.03 Å². The first-order valence-electron chi connectivity index (χ1n) is 6.25. The molecule has 94 valence electrons. The van der Waals surface area contributed by atoms with Crippen LogP contribution in [0.1, 0.15) is 0 Å². The summed E-state index contributed by atoms with van der Waals surface area (Å²) in [6, 6.07) is -0.240. The van der Waals surface area contributed by atoms with Crippen LogP contribution in [0.4, 0.5) is 4.79 Å². The van der Waals surface area contributed by atoms with Gasteiger partial charge in [0.1, 0.15) is 0 Å². The number of rotatable bonds is 2. The Balaban J connectivity index is 1.54. The molecular formula is C11H18N4O2. The SMILES string of the molecule is O=C(CN1CC2CNCC2C1)N1CCNC1=O. The summed E-state index contributed by atoms with van der Waals surface area (Å²) in [6.07, 6.45) is 0. The number of urea groups is 1. The van der Waals surface area contributed by atoms with Crippen molar-refractivity contribution >= 4 is 11.9 Å². The van der Waals surface area contributed by atoms with E-state index >= 15 is 0 Å². The van der Waals surface area contributed by atoms with Crippen LogP contribution in [-0.2, 0) is 4.79 Å². The Bertz CT molecular complexity index is 334. The van der Waals surface area contributed by atoms with Crippen LogP contribution < -0.4 is 10.6 Å². The van der Waals surface area contributed by atoms with Crippen molar-refractivity contribution in [3.63, 3.8) is 0 Å². The van der Waals surface area contributed by atoms with Gasteiger partial charge in [0, 0.05) is 26.2 Å². The number of hydrogen-bond acceptors (Lipinski definition) is 4. The number of nitrogens with one attached hydrogen (secondary N) is 2. The molecule has 0 bridgehead atoms. The molecule has 3 aliphatic rings. The molecule has 0 aliphatic carbocycles. The average Bonchev–Trinajstić information content (AvgIpc) is 2.92. The summed E-state index contributed by atoms with van der Waals surface area (Å²) in [5.74, 6) is 1.32. The second kappa shape index (κ2) is 4.27. The normalized spacial score (nSPS) is 32.9. The highest BCUT2D eigenvalue weighted by atomic mass is 16.2. The largest absolute Gasteiger partial charge is 0.336 e. The van der Waals surface area contributed by atoms with Crippen molar-refractivity contribution < 1.29 is 9.59 Å². The van der Waals surface area contributed by atoms with Crippen molar-refractivity contribution in [1.29, 1.82) is 0 Å². The van der Waals surface area contributed by atoms with Crippen LogP contribution in [0.2, 0.25) is 0 Å². The summed E-state index contributed by atoms with van der Waals surface area (Å²) < 4.78 is 0. The number of fused-ring (bicyclic) bond motifs is 1. The molecule has 3 amide bonds. The third kappa shape index (κ3) is 2.02. The van der Waals surface area contributed by atoms with E-state index in [2.05, 4.69) is 15.5 Å². The summed E-state index contributed by atoms with van der Waals surface area (Å²) in [6.45, 7) is 5.59. The maximum Gasteiger partial charge on any atom is 0.324 e. The fraction of sp³-hybridized carbons (Fsp3) is 0.818. The van der Waals surface area contributed by atoms with Gasteiger partial charge in [-0.1, -0.05) is 0 Å². The molecule has 17 heavy (non-hydrogen) atoms. The molecule has 0 spiro atoms. The van der Waals surface area contributed by atoms with Crippen LogP contribution in [0.25, 0.3) is 0 Å². The van der Waals surface area contributed by atoms with Crippen molar-refractivity contribution in [2.45, 2.75) is 0 Å². The highest BCUT2D eigenvalue weighted by Crippen LogP contribution is 2.25. The van der Waals surface area contributed by atoms with Gasteiger partial charge < -0.3 is 10.6 Å². The number of carbonyl (C=O) groups is 2. The van der Waals surface area contributed by atoms with Gasteiger partial charge in [-0.15, -0.1) is 0 Å². The number of carbonyl (C=O) groups excluding carboxylic acids is 2. The molecule has 0 aromatic heterocycles. The van der Waals surface area contributed by atoms with Crippen LogP contribution in [0, 0.1) is 11.8 Å². The van der Waals surface area contributed by atoms with Gasteiger partial charge in [0.15, 0.2) is 0 Å². The van der Waals surface area contributed by atoms with Crippen LogP contribution in [0.3, 0.4) is 0 Å². The van der Waals surface area contributed by atoms with E-state index in [0.717, 1.165) is 26.2 Å². The Labute approximate surface area is 100 Å². The van der Waals surface area contributed by atoms with E-state index < -0.39 is 0 Å². The van der Waals surface area contributed by atoms with Gasteiger partial charge in [0.25, 0.3) is 0 Å². The van der Waals surface area contributed by atoms with Crippen molar-refractivity contribution in [3.05, 3.63) is 0 Å². The number of likely N-dealkylation sites (tertiary alicyclic amines) is 1. The second-order valence-electron chi connectivity index (χ2n) is 5.15. The van der Waals surface area contributed by atoms with Crippen LogP contribution in [-0.4, -0.2) is 67.6 Å². The number of imide groups is 1. The Morgan fingerprint density at radius 3 is 2.59 bits per heavy atom. The van der Waals surface area contributed by atoms with Gasteiger partial charge in [-0.05, 0) is 24.9 Å². The summed E-state index contributed by atoms with van der Waals surface area (Å²) in [5.41, 5.74) is 0. The van der Waals surface area contributed by atoms with Crippen molar-refractivity contribution in [1.82, 2.24) is 20.4 Å². The molecule has 0 saturated carbocycles. The molecule has 2 N–H and O–H groups in total. The maximum absolute atomic E-state index is 11.9. The quantitative estimate of drug-likeness (QED) is 0.627. The lowest BCUT2D eigenvalue weighted by Crippen LogP contribution is -2.42. The first kappa shape index (κ1) is 11.0. The molecule has 3 aliphatic heterocycles. The lowest BCUT2D eigenvalue weighted by Gasteiger charge is -2.19. The third-order valence-electron chi connectivity index (χ3n) is 3.98. The Morgan fingerprint density at radius 2 is 2.00 bits per heavy atom. The van der Waals surface area contributed by atoms with Gasteiger partial charge in [-0.3, -0.25) is 14.6 Å². The predicted molar refractivity (Wildman–Crippen MR) is 61.4 cm³/mol. The molecule has 2 unspecified atom stereocenters. The highest BCUT2D eigenvalue weighted by Gasteiger charge is 2.37. The van der Waals surface area contributed by atoms with E-state index in [1.807, 2.05) is 0 Å². The third-order valence-corrected chi connectivity index (χ3v) is 3.98. The lowest BCUT2D eigenvalue weighted by atomic mass is 10.0. The van der Waals surface area contributed by atoms with Crippen LogP contribution >= 0.6 is 0 Å². The molecule has 3 fully saturated rings. The molecule has 6 heteroatoms. The summed E-state index contributed by atoms with van der Waals surface area (Å²) in [7, 11) is 0. The summed E-state index contributed by atoms with van der Waals surface area (Å²) >= 11 is 0. The topological polar surface area (TPSA) is 64.7 Å². The average molecular weight is 238 g/mol. The minimum absolute atomic E-state index is 0.0621. The monoisotopic (exact) mass is 238 g/mol. The van der Waals surface area contributed by atoms with Gasteiger partial charge in [0.05, 0.1) is 6.54 Å². The van der Waals surface area contributed by atoms with E-state index in [9.17, 15) is 9.59 Å². The van der Waals surface area contributed by atoms with E-state index in [4.69, 9.17) is 0 Å². The number of hydrogen-bond donors (Lipinski definition) is 2. The van der Waals surface area contributed by atoms with Gasteiger partial charge in [-0.25, -0.2) is 4.79 Å². The van der Waals surface area contributed by atoms with Crippen molar-refractivity contribution in [2.75, 3.05) is 45.8 Å². The first-order chi connectivity index (χ1) is 8.24. The molecule has 3 rings (SSSR count). The minimum atomic E-state index is -0.240. The number of nitrogens with zero attached hydrogens (tertiary/aromatic N) is 2. The molecule has 0 aromatic carbocycles. The first-order valence-corrected chi connectivity index (χ1v) is 6.25. The Morgan fingerprint density at radius 1 is 1.29 bits per heavy atom. The minimum Gasteiger partial charge on any atom is -0.336 e. The van der Waals surface area contributed by atoms with Gasteiger partial charge in [-0.2, -0.15) is 0 Å². The zero-order valence-electron chi connectivity index (χ0n) is 9.82. The summed E-state index contributed by atoms with van der Waals surface area (Å²) in [5, 5.41) is 6.03. The molecule has 0 radical (unpaired) electrons. The predicted octanol–water partition coefficient (Wildman–Crippen LogP) is -1.31. The van der Waals surface area contributed by atoms with Crippen molar-refractivity contribution in [3.8, 4) is 0 Å². The fourth-order valence-corrected chi connectivity index (χ4v) is 3.07. The van der Waals surface area contributed by atoms with Crippen LogP contribution in [0.15, 0.2) is 0 Å². The highest BCUT2D eigenvalue weighted by molar-refractivity contribution is 5.96. The summed E-state index contributed by atoms with van der Waals surface area (Å²) in [4.78, 5) is 26.8. The molecule has 2 atom stereocenters. The maximum atomic E-state index is 11.9. The Kier molecular flexibility index (Phi) is 2.76. The van der Waals surface area contributed by atoms with E-state index in [1.165, 1.54) is 4.90 Å². The second-order valence-corrected chi connectivity index (χ2v) is 5.15. The van der Waals surface area contributed by atoms with Gasteiger partial charge in [0.2, 0.25) is 5.91 Å². The lowest BCUT2D eigenvalue weighted by molar-refractivity contribution is -0.128. The van der Waals surface area contributed by atoms with E-state index in [0.29, 0.717) is 31.5 Å². The zero-order chi connectivity index (χ0) is 11.8. The molecule has 3 saturated heterocycles. The number of amides is 3.